The van der Waals surface area contributed by atoms with Crippen LogP contribution in [0.2, 0.25) is 0 Å². The predicted molar refractivity (Wildman–Crippen MR) is 135 cm³/mol. The number of ether oxygens (including phenoxy) is 1. The van der Waals surface area contributed by atoms with Crippen LogP contribution in [0, 0.1) is 5.41 Å². The Kier molecular flexibility index (Phi) is 4.49. The van der Waals surface area contributed by atoms with Crippen LogP contribution in [0.25, 0.3) is 49.9 Å². The van der Waals surface area contributed by atoms with Gasteiger partial charge in [-0.3, -0.25) is 14.0 Å². The third-order valence-electron chi connectivity index (χ3n) is 6.22. The molecule has 0 aliphatic carbocycles. The third kappa shape index (κ3) is 2.83. The van der Waals surface area contributed by atoms with Crippen LogP contribution in [-0.2, 0) is 7.05 Å². The van der Waals surface area contributed by atoms with Crippen molar-refractivity contribution in [2.24, 2.45) is 7.05 Å². The largest absolute Gasteiger partial charge is 0.496 e. The predicted octanol–water partition coefficient (Wildman–Crippen LogP) is 3.49. The Morgan fingerprint density at radius 1 is 1.26 bits per heavy atom. The smallest absolute Gasteiger partial charge is 0.333 e. The number of aryl methyl sites for hydroxylation is 1. The van der Waals surface area contributed by atoms with Crippen LogP contribution in [0.4, 0.5) is 0 Å². The summed E-state index contributed by atoms with van der Waals surface area (Å²) in [6.45, 7) is 0. The molecule has 174 valence electrons. The van der Waals surface area contributed by atoms with Crippen LogP contribution in [0.5, 0.6) is 5.75 Å². The van der Waals surface area contributed by atoms with Crippen molar-refractivity contribution in [1.82, 2.24) is 29.0 Å². The molecule has 2 aromatic carbocycles. The molecule has 2 N–H and O–H groups in total. The van der Waals surface area contributed by atoms with Gasteiger partial charge in [-0.05, 0) is 24.3 Å². The molecule has 0 fully saturated rings. The number of imidazole rings is 1. The number of pyridine rings is 1. The molecule has 0 aliphatic heterocycles. The molecule has 0 unspecified atom stereocenters. The fourth-order valence-electron chi connectivity index (χ4n) is 4.64. The molecule has 0 aliphatic rings. The molecule has 0 bridgehead atoms. The summed E-state index contributed by atoms with van der Waals surface area (Å²) < 4.78 is 17.2. The van der Waals surface area contributed by atoms with E-state index in [1.165, 1.54) is 6.21 Å². The first-order valence-electron chi connectivity index (χ1n) is 10.9. The maximum Gasteiger partial charge on any atom is 0.333 e. The van der Waals surface area contributed by atoms with Gasteiger partial charge in [-0.15, -0.1) is 0 Å². The van der Waals surface area contributed by atoms with Crippen molar-refractivity contribution in [2.75, 3.05) is 14.2 Å². The van der Waals surface area contributed by atoms with Crippen LogP contribution in [-0.4, -0.2) is 44.1 Å². The fourth-order valence-corrected chi connectivity index (χ4v) is 4.64. The second-order valence-corrected chi connectivity index (χ2v) is 8.08. The number of allylic oxidation sites excluding steroid dienone is 1. The van der Waals surface area contributed by atoms with E-state index in [-0.39, 0.29) is 5.69 Å². The molecule has 6 rings (SSSR count). The number of nitrogens with one attached hydrogen (secondary N) is 2. The molecule has 35 heavy (non-hydrogen) atoms. The van der Waals surface area contributed by atoms with E-state index < -0.39 is 0 Å². The van der Waals surface area contributed by atoms with Gasteiger partial charge in [0.25, 0.3) is 0 Å². The first-order valence-corrected chi connectivity index (χ1v) is 10.9. The number of benzene rings is 2. The summed E-state index contributed by atoms with van der Waals surface area (Å²) in [7, 11) is 5.05. The SMILES string of the molecule is CN/C=C(\C=N)c1c(OC)cc2ncc3c4c2c1oc1ccc(-n2cccn2)cc1n4c(=O)n3C. The van der Waals surface area contributed by atoms with Crippen molar-refractivity contribution < 1.29 is 9.15 Å². The van der Waals surface area contributed by atoms with Crippen molar-refractivity contribution in [3.05, 3.63) is 71.2 Å². The quantitative estimate of drug-likeness (QED) is 0.375. The van der Waals surface area contributed by atoms with E-state index in [2.05, 4.69) is 15.4 Å². The maximum atomic E-state index is 13.5. The number of rotatable bonds is 5. The van der Waals surface area contributed by atoms with Crippen molar-refractivity contribution in [3.63, 3.8) is 0 Å². The van der Waals surface area contributed by atoms with Crippen molar-refractivity contribution in [2.45, 2.75) is 0 Å². The van der Waals surface area contributed by atoms with Gasteiger partial charge in [-0.25, -0.2) is 9.48 Å². The molecule has 10 heteroatoms. The lowest BCUT2D eigenvalue weighted by Crippen LogP contribution is -2.17. The number of fused-ring (bicyclic) bond motifs is 2. The molecule has 0 saturated heterocycles. The number of hydrogen-bond donors (Lipinski definition) is 2. The zero-order chi connectivity index (χ0) is 24.3. The molecular weight excluding hydrogens is 446 g/mol. The number of nitrogens with zero attached hydrogens (tertiary/aromatic N) is 5. The Labute approximate surface area is 198 Å². The molecule has 0 radical (unpaired) electrons. The molecular formula is C25H21N7O3. The lowest BCUT2D eigenvalue weighted by Gasteiger charge is -2.12. The third-order valence-corrected chi connectivity index (χ3v) is 6.22. The van der Waals surface area contributed by atoms with E-state index in [0.717, 1.165) is 5.69 Å². The highest BCUT2D eigenvalue weighted by Crippen LogP contribution is 2.40. The van der Waals surface area contributed by atoms with Crippen LogP contribution < -0.4 is 15.7 Å². The van der Waals surface area contributed by atoms with Gasteiger partial charge in [0.05, 0.1) is 52.0 Å². The Morgan fingerprint density at radius 3 is 2.83 bits per heavy atom. The summed E-state index contributed by atoms with van der Waals surface area (Å²) in [6.07, 6.45) is 8.15. The van der Waals surface area contributed by atoms with E-state index in [1.807, 2.05) is 30.5 Å². The molecule has 0 amide bonds. The average Bonchev–Trinajstić information content (AvgIpc) is 3.46. The monoisotopic (exact) mass is 467 g/mol. The highest BCUT2D eigenvalue weighted by molar-refractivity contribution is 6.20. The Morgan fingerprint density at radius 2 is 2.11 bits per heavy atom. The van der Waals surface area contributed by atoms with Crippen molar-refractivity contribution in [1.29, 1.82) is 5.41 Å². The van der Waals surface area contributed by atoms with E-state index in [4.69, 9.17) is 14.6 Å². The summed E-state index contributed by atoms with van der Waals surface area (Å²) >= 11 is 0. The molecule has 6 aromatic rings. The van der Waals surface area contributed by atoms with Crippen LogP contribution >= 0.6 is 0 Å². The highest BCUT2D eigenvalue weighted by Gasteiger charge is 2.24. The van der Waals surface area contributed by atoms with Gasteiger partial charge in [0.2, 0.25) is 0 Å². The van der Waals surface area contributed by atoms with E-state index in [0.29, 0.717) is 55.5 Å². The van der Waals surface area contributed by atoms with Crippen LogP contribution in [0.15, 0.2) is 64.3 Å². The molecule has 10 nitrogen and oxygen atoms in total. The Bertz CT molecular complexity index is 1870. The fraction of sp³-hybridized carbons (Fsp3) is 0.120. The summed E-state index contributed by atoms with van der Waals surface area (Å²) in [5.74, 6) is 0.505. The maximum absolute atomic E-state index is 13.5. The molecule has 0 spiro atoms. The van der Waals surface area contributed by atoms with E-state index in [1.54, 1.807) is 59.5 Å². The Balaban J connectivity index is 1.93. The standard InChI is InChI=1S/C25H21N7O3/c1-27-12-14(11-26)21-20(34-3)10-16-22-23-18(13-28-16)30(2)25(33)32(23)17-9-15(31-8-4-7-29-31)5-6-19(17)35-24(21)22/h4-13,26-27H,1-3H3/b14-12+,26-11?. The highest BCUT2D eigenvalue weighted by atomic mass is 16.5. The minimum absolute atomic E-state index is 0.222. The lowest BCUT2D eigenvalue weighted by atomic mass is 10.0. The average molecular weight is 467 g/mol. The van der Waals surface area contributed by atoms with Gasteiger partial charge < -0.3 is 19.9 Å². The van der Waals surface area contributed by atoms with Gasteiger partial charge >= 0.3 is 5.69 Å². The van der Waals surface area contributed by atoms with E-state index in [9.17, 15) is 4.79 Å². The summed E-state index contributed by atoms with van der Waals surface area (Å²) in [5, 5.41) is 16.0. The van der Waals surface area contributed by atoms with Gasteiger partial charge in [-0.1, -0.05) is 0 Å². The minimum Gasteiger partial charge on any atom is -0.496 e. The number of aromatic nitrogens is 5. The molecule has 4 aromatic heterocycles. The zero-order valence-corrected chi connectivity index (χ0v) is 19.2. The summed E-state index contributed by atoms with van der Waals surface area (Å²) in [4.78, 5) is 18.2. The van der Waals surface area contributed by atoms with Gasteiger partial charge in [0, 0.05) is 50.5 Å². The van der Waals surface area contributed by atoms with Gasteiger partial charge in [0.1, 0.15) is 5.75 Å². The van der Waals surface area contributed by atoms with Gasteiger partial charge in [0.15, 0.2) is 11.2 Å². The normalized spacial score (nSPS) is 12.3. The number of methoxy groups -OCH3 is 1. The minimum atomic E-state index is -0.222. The number of hydrogen-bond acceptors (Lipinski definition) is 7. The Hall–Kier alpha value is -4.86. The molecule has 0 saturated carbocycles. The van der Waals surface area contributed by atoms with Gasteiger partial charge in [-0.2, -0.15) is 5.10 Å². The second-order valence-electron chi connectivity index (χ2n) is 8.08. The zero-order valence-electron chi connectivity index (χ0n) is 19.2. The van der Waals surface area contributed by atoms with E-state index >= 15 is 0 Å². The summed E-state index contributed by atoms with van der Waals surface area (Å²) in [5.41, 5.74) is 5.18. The summed E-state index contributed by atoms with van der Waals surface area (Å²) in [6, 6.07) is 9.21. The lowest BCUT2D eigenvalue weighted by molar-refractivity contribution is 0.414. The van der Waals surface area contributed by atoms with Crippen LogP contribution in [0.3, 0.4) is 0 Å². The topological polar surface area (TPSA) is 115 Å². The first kappa shape index (κ1) is 20.7. The molecule has 4 heterocycles. The van der Waals surface area contributed by atoms with Crippen molar-refractivity contribution >= 4 is 50.4 Å². The second kappa shape index (κ2) is 7.59. The molecule has 0 atom stereocenters. The van der Waals surface area contributed by atoms with Crippen molar-refractivity contribution in [3.8, 4) is 11.4 Å². The van der Waals surface area contributed by atoms with Crippen LogP contribution in [0.1, 0.15) is 5.56 Å². The first-order chi connectivity index (χ1) is 17.1.